The van der Waals surface area contributed by atoms with Crippen molar-refractivity contribution in [2.45, 2.75) is 133 Å². The minimum absolute atomic E-state index is 0.00301. The molecule has 2 aromatic carbocycles. The lowest BCUT2D eigenvalue weighted by Gasteiger charge is -2.52. The van der Waals surface area contributed by atoms with E-state index in [-0.39, 0.29) is 75.8 Å². The summed E-state index contributed by atoms with van der Waals surface area (Å²) in [4.78, 5) is 29.6. The maximum absolute atomic E-state index is 15.2. The highest BCUT2D eigenvalue weighted by molar-refractivity contribution is 5.93. The Bertz CT molecular complexity index is 2840. The van der Waals surface area contributed by atoms with Gasteiger partial charge in [-0.15, -0.1) is 0 Å². The summed E-state index contributed by atoms with van der Waals surface area (Å²) in [6.07, 6.45) is 12.1. The van der Waals surface area contributed by atoms with E-state index in [9.17, 15) is 30.3 Å². The molecule has 11 rings (SSSR count). The number of aromatic hydroxyl groups is 2. The van der Waals surface area contributed by atoms with E-state index in [1.807, 2.05) is 19.9 Å². The predicted octanol–water partition coefficient (Wildman–Crippen LogP) is 5.84. The van der Waals surface area contributed by atoms with Crippen molar-refractivity contribution in [1.29, 1.82) is 0 Å². The summed E-state index contributed by atoms with van der Waals surface area (Å²) < 4.78 is 21.2. The smallest absolute Gasteiger partial charge is 0.337 e. The summed E-state index contributed by atoms with van der Waals surface area (Å²) in [5.74, 6) is -2.63. The summed E-state index contributed by atoms with van der Waals surface area (Å²) in [7, 11) is 0. The number of phenols is 2. The number of nitrogens with two attached hydrogens (primary N) is 1. The summed E-state index contributed by atoms with van der Waals surface area (Å²) >= 11 is 0. The van der Waals surface area contributed by atoms with Gasteiger partial charge in [0.25, 0.3) is 0 Å². The number of aliphatic hydroxyl groups excluding tert-OH is 2. The van der Waals surface area contributed by atoms with Crippen LogP contribution in [-0.4, -0.2) is 74.7 Å². The third-order valence-corrected chi connectivity index (χ3v) is 17.4. The maximum Gasteiger partial charge on any atom is 0.337 e. The third kappa shape index (κ3) is 6.86. The molecular formula is C54H64N4O10. The first-order valence-electron chi connectivity index (χ1n) is 24.8. The number of hydrogen-bond donors (Lipinski definition) is 9. The second-order valence-corrected chi connectivity index (χ2v) is 20.8. The largest absolute Gasteiger partial charge is 0.508 e. The van der Waals surface area contributed by atoms with Gasteiger partial charge < -0.3 is 55.8 Å². The number of ether oxygens (including phenoxy) is 2. The molecule has 4 aliphatic heterocycles. The van der Waals surface area contributed by atoms with Gasteiger partial charge in [-0.25, -0.2) is 4.79 Å². The van der Waals surface area contributed by atoms with E-state index < -0.39 is 53.8 Å². The molecule has 0 spiro atoms. The van der Waals surface area contributed by atoms with Crippen molar-refractivity contribution in [2.75, 3.05) is 19.7 Å². The number of phenolic OH excluding ortho intramolecular Hbond substituents is 2. The average Bonchev–Trinajstić information content (AvgIpc) is 3.62. The summed E-state index contributed by atoms with van der Waals surface area (Å²) in [5, 5.41) is 69.0. The fourth-order valence-electron chi connectivity index (χ4n) is 14.3. The molecule has 1 aromatic heterocycles. The van der Waals surface area contributed by atoms with E-state index in [2.05, 4.69) is 41.2 Å². The van der Waals surface area contributed by atoms with Crippen LogP contribution >= 0.6 is 0 Å². The van der Waals surface area contributed by atoms with Crippen molar-refractivity contribution < 1.29 is 44.2 Å². The van der Waals surface area contributed by atoms with Gasteiger partial charge in [-0.2, -0.15) is 0 Å². The van der Waals surface area contributed by atoms with Gasteiger partial charge in [0.05, 0.1) is 23.9 Å². The van der Waals surface area contributed by atoms with E-state index in [0.29, 0.717) is 61.2 Å². The molecule has 3 aromatic rings. The molecule has 360 valence electrons. The molecule has 4 bridgehead atoms. The SMILES string of the molecule is CCNC1C=C2CC[C@@H]3[C@@H]4CCc5ccc(O)cc5[C@@H](CO)[C@H](C5=CCNC(N)=C54)c4c5c(c(O)c6c(=O)cc(CO)oc46)C[C@@H](OC(=O)C4=C(C)CC[C@H]6CCC[C@@]46O)[C@@](C)(O5)[C@H]3CC2=CN1. The summed E-state index contributed by atoms with van der Waals surface area (Å²) in [5.41, 5.74) is 11.5. The number of allylic oxidation sites excluding steroid dienone is 5. The molecule has 1 unspecified atom stereocenters. The van der Waals surface area contributed by atoms with Crippen molar-refractivity contribution in [1.82, 2.24) is 16.0 Å². The molecule has 4 aliphatic carbocycles. The van der Waals surface area contributed by atoms with Crippen molar-refractivity contribution in [3.05, 3.63) is 120 Å². The van der Waals surface area contributed by atoms with Crippen LogP contribution in [0, 0.1) is 23.7 Å². The number of carbonyl (C=O) groups excluding carboxylic acids is 1. The van der Waals surface area contributed by atoms with E-state index in [0.717, 1.165) is 66.5 Å². The van der Waals surface area contributed by atoms with Gasteiger partial charge in [0.15, 0.2) is 5.43 Å². The highest BCUT2D eigenvalue weighted by Gasteiger charge is 2.59. The topological polar surface area (TPSA) is 229 Å². The molecule has 10 N–H and O–H groups in total. The number of benzene rings is 2. The number of nitrogens with one attached hydrogen (secondary N) is 3. The van der Waals surface area contributed by atoms with Crippen LogP contribution in [0.15, 0.2) is 91.1 Å². The molecule has 2 saturated carbocycles. The van der Waals surface area contributed by atoms with Crippen molar-refractivity contribution in [3.8, 4) is 17.2 Å². The number of hydrogen-bond acceptors (Lipinski definition) is 14. The number of aryl methyl sites for hydroxylation is 1. The van der Waals surface area contributed by atoms with E-state index in [4.69, 9.17) is 19.6 Å². The number of rotatable bonds is 6. The third-order valence-electron chi connectivity index (χ3n) is 17.4. The van der Waals surface area contributed by atoms with Crippen LogP contribution in [0.1, 0.15) is 118 Å². The van der Waals surface area contributed by atoms with Crippen LogP contribution in [0.2, 0.25) is 0 Å². The lowest BCUT2D eigenvalue weighted by Crippen LogP contribution is -2.59. The number of dihydropyridines is 2. The zero-order valence-corrected chi connectivity index (χ0v) is 39.1. The van der Waals surface area contributed by atoms with Crippen LogP contribution < -0.4 is 31.8 Å². The van der Waals surface area contributed by atoms with Gasteiger partial charge in [-0.3, -0.25) is 10.1 Å². The number of carbonyl (C=O) groups is 1. The quantitative estimate of drug-likeness (QED) is 0.132. The van der Waals surface area contributed by atoms with Gasteiger partial charge in [-0.05, 0) is 154 Å². The van der Waals surface area contributed by atoms with Gasteiger partial charge >= 0.3 is 5.97 Å². The van der Waals surface area contributed by atoms with Crippen molar-refractivity contribution in [3.63, 3.8) is 0 Å². The Kier molecular flexibility index (Phi) is 11.1. The molecule has 68 heavy (non-hydrogen) atoms. The predicted molar refractivity (Wildman–Crippen MR) is 254 cm³/mol. The van der Waals surface area contributed by atoms with Crippen molar-refractivity contribution >= 4 is 16.9 Å². The molecular weight excluding hydrogens is 865 g/mol. The Morgan fingerprint density at radius 3 is 2.69 bits per heavy atom. The number of fused-ring (bicyclic) bond motifs is 10. The fraction of sp³-hybridized carbons (Fsp3) is 0.519. The molecule has 2 fully saturated rings. The zero-order valence-electron chi connectivity index (χ0n) is 39.1. The van der Waals surface area contributed by atoms with Gasteiger partial charge in [0.2, 0.25) is 0 Å². The van der Waals surface area contributed by atoms with Crippen LogP contribution in [0.4, 0.5) is 0 Å². The maximum atomic E-state index is 15.2. The average molecular weight is 929 g/mol. The molecule has 8 aliphatic rings. The van der Waals surface area contributed by atoms with Gasteiger partial charge in [0, 0.05) is 54.1 Å². The van der Waals surface area contributed by atoms with Crippen molar-refractivity contribution in [2.24, 2.45) is 29.4 Å². The Morgan fingerprint density at radius 2 is 1.90 bits per heavy atom. The highest BCUT2D eigenvalue weighted by atomic mass is 16.6. The van der Waals surface area contributed by atoms with Crippen LogP contribution in [0.5, 0.6) is 17.2 Å². The molecule has 14 heteroatoms. The fourth-order valence-corrected chi connectivity index (χ4v) is 14.3. The lowest BCUT2D eigenvalue weighted by atomic mass is 9.61. The van der Waals surface area contributed by atoms with E-state index in [1.54, 1.807) is 12.1 Å². The molecule has 5 heterocycles. The van der Waals surface area contributed by atoms with Crippen LogP contribution in [0.25, 0.3) is 11.0 Å². The Morgan fingerprint density at radius 1 is 1.06 bits per heavy atom. The summed E-state index contributed by atoms with van der Waals surface area (Å²) in [6, 6.07) is 6.47. The van der Waals surface area contributed by atoms with Crippen LogP contribution in [-0.2, 0) is 29.0 Å². The number of likely N-dealkylation sites (N-methyl/N-ethyl adjacent to an activating group) is 1. The molecule has 0 saturated heterocycles. The first-order chi connectivity index (χ1) is 32.8. The Hall–Kier alpha value is -5.54. The normalized spacial score (nSPS) is 32.7. The summed E-state index contributed by atoms with van der Waals surface area (Å²) in [6.45, 7) is 6.15. The molecule has 0 amide bonds. The first-order valence-corrected chi connectivity index (χ1v) is 24.8. The number of esters is 1. The van der Waals surface area contributed by atoms with Crippen LogP contribution in [0.3, 0.4) is 0 Å². The second-order valence-electron chi connectivity index (χ2n) is 20.8. The Labute approximate surface area is 395 Å². The second kappa shape index (κ2) is 16.9. The molecule has 0 radical (unpaired) electrons. The van der Waals surface area contributed by atoms with E-state index in [1.165, 1.54) is 11.6 Å². The minimum atomic E-state index is -1.33. The Balaban J connectivity index is 1.23. The zero-order chi connectivity index (χ0) is 47.4. The number of aliphatic hydroxyl groups is 3. The lowest BCUT2D eigenvalue weighted by molar-refractivity contribution is -0.172. The highest BCUT2D eigenvalue weighted by Crippen LogP contribution is 2.61. The first kappa shape index (κ1) is 44.9. The monoisotopic (exact) mass is 928 g/mol. The molecule has 10 atom stereocenters. The minimum Gasteiger partial charge on any atom is -0.508 e. The molecule has 14 nitrogen and oxygen atoms in total. The van der Waals surface area contributed by atoms with Gasteiger partial charge in [-0.1, -0.05) is 24.6 Å². The van der Waals surface area contributed by atoms with E-state index >= 15 is 4.79 Å². The standard InChI is InChI=1S/C54H64N4O10/c1-4-56-42-19-28-10-13-33-34-14-9-27-8-12-31(61)20-36(27)38(25-60)43(35-15-17-57-51(55)44(34)35)46-49-37(48(63)45-40(62)21-32(24-59)66-50(45)46)22-41(53(3,68-49)39(33)18-29(28)23-58-42)67-52(64)47-26(2)7-11-30-6-5-16-54(30,47)65/h8,12,15,19-21,23,30,33-34,38-39,41-43,56-61,63,65H,4-7,9-11,13-14,16-18,22,24-25,55H2,1-3H3/t30-,33-,34+,38-,39+,41-,42?,43+,53+,54+/m1/s1. The van der Waals surface area contributed by atoms with Gasteiger partial charge in [0.1, 0.15) is 58.1 Å².